The van der Waals surface area contributed by atoms with E-state index < -0.39 is 0 Å². The highest BCUT2D eigenvalue weighted by molar-refractivity contribution is 5.96. The van der Waals surface area contributed by atoms with E-state index in [4.69, 9.17) is 4.98 Å². The SMILES string of the molecule is Fc1ccc2ccccc2c1-c1nc(-c2ccccc2)c(-c2ccccc2)[nH]1. The first-order valence-corrected chi connectivity index (χ1v) is 9.20. The number of benzene rings is 4. The van der Waals surface area contributed by atoms with Crippen molar-refractivity contribution in [3.05, 3.63) is 103 Å². The number of rotatable bonds is 3. The summed E-state index contributed by atoms with van der Waals surface area (Å²) in [5, 5.41) is 1.83. The molecule has 1 N–H and O–H groups in total. The van der Waals surface area contributed by atoms with E-state index in [0.29, 0.717) is 11.4 Å². The van der Waals surface area contributed by atoms with E-state index in [9.17, 15) is 4.39 Å². The molecule has 0 aliphatic rings. The molecule has 0 fully saturated rings. The Morgan fingerprint density at radius 2 is 1.29 bits per heavy atom. The van der Waals surface area contributed by atoms with Gasteiger partial charge in [0.2, 0.25) is 0 Å². The van der Waals surface area contributed by atoms with Crippen LogP contribution in [0.25, 0.3) is 44.7 Å². The Morgan fingerprint density at radius 3 is 2.04 bits per heavy atom. The van der Waals surface area contributed by atoms with Crippen molar-refractivity contribution in [1.29, 1.82) is 0 Å². The highest BCUT2D eigenvalue weighted by atomic mass is 19.1. The van der Waals surface area contributed by atoms with E-state index in [0.717, 1.165) is 33.3 Å². The lowest BCUT2D eigenvalue weighted by atomic mass is 10.0. The maximum atomic E-state index is 14.9. The molecular weight excluding hydrogens is 347 g/mol. The number of H-pyrrole nitrogens is 1. The Hall–Kier alpha value is -3.72. The summed E-state index contributed by atoms with van der Waals surface area (Å²) in [6, 6.07) is 31.1. The summed E-state index contributed by atoms with van der Waals surface area (Å²) in [6.45, 7) is 0. The molecule has 0 aliphatic heterocycles. The topological polar surface area (TPSA) is 28.7 Å². The zero-order valence-corrected chi connectivity index (χ0v) is 15.1. The first-order valence-electron chi connectivity index (χ1n) is 9.20. The zero-order valence-electron chi connectivity index (χ0n) is 15.1. The molecule has 0 saturated carbocycles. The van der Waals surface area contributed by atoms with Crippen molar-refractivity contribution in [2.45, 2.75) is 0 Å². The predicted molar refractivity (Wildman–Crippen MR) is 112 cm³/mol. The molecule has 2 nitrogen and oxygen atoms in total. The minimum Gasteiger partial charge on any atom is -0.337 e. The Morgan fingerprint density at radius 1 is 0.643 bits per heavy atom. The second-order valence-corrected chi connectivity index (χ2v) is 6.68. The van der Waals surface area contributed by atoms with Crippen LogP contribution in [0.4, 0.5) is 4.39 Å². The van der Waals surface area contributed by atoms with Crippen LogP contribution in [0.5, 0.6) is 0 Å². The average molecular weight is 364 g/mol. The molecule has 1 heterocycles. The Balaban J connectivity index is 1.80. The third-order valence-corrected chi connectivity index (χ3v) is 4.93. The van der Waals surface area contributed by atoms with E-state index in [-0.39, 0.29) is 5.82 Å². The Bertz CT molecular complexity index is 1200. The van der Waals surface area contributed by atoms with Crippen molar-refractivity contribution in [3.8, 4) is 33.9 Å². The summed E-state index contributed by atoms with van der Waals surface area (Å²) in [5.41, 5.74) is 4.20. The number of hydrogen-bond acceptors (Lipinski definition) is 1. The van der Waals surface area contributed by atoms with Crippen molar-refractivity contribution >= 4 is 10.8 Å². The first kappa shape index (κ1) is 16.5. The molecule has 5 rings (SSSR count). The van der Waals surface area contributed by atoms with E-state index in [2.05, 4.69) is 4.98 Å². The van der Waals surface area contributed by atoms with Crippen LogP contribution in [0, 0.1) is 5.82 Å². The van der Waals surface area contributed by atoms with Crippen molar-refractivity contribution < 1.29 is 4.39 Å². The fourth-order valence-electron chi connectivity index (χ4n) is 3.60. The molecule has 0 aliphatic carbocycles. The Kier molecular flexibility index (Phi) is 3.99. The molecule has 0 bridgehead atoms. The van der Waals surface area contributed by atoms with Crippen LogP contribution >= 0.6 is 0 Å². The standard InChI is InChI=1S/C25H17FN2/c26-21-16-15-17-9-7-8-14-20(17)22(21)25-27-23(18-10-3-1-4-11-18)24(28-25)19-12-5-2-6-13-19/h1-16H,(H,27,28). The van der Waals surface area contributed by atoms with Gasteiger partial charge >= 0.3 is 0 Å². The molecule has 0 spiro atoms. The molecule has 5 aromatic rings. The van der Waals surface area contributed by atoms with E-state index >= 15 is 0 Å². The van der Waals surface area contributed by atoms with Crippen molar-refractivity contribution in [2.24, 2.45) is 0 Å². The van der Waals surface area contributed by atoms with Crippen molar-refractivity contribution in [3.63, 3.8) is 0 Å². The van der Waals surface area contributed by atoms with Crippen LogP contribution in [0.3, 0.4) is 0 Å². The third-order valence-electron chi connectivity index (χ3n) is 4.93. The van der Waals surface area contributed by atoms with Gasteiger partial charge in [0.05, 0.1) is 17.0 Å². The van der Waals surface area contributed by atoms with Crippen LogP contribution in [-0.4, -0.2) is 9.97 Å². The highest BCUT2D eigenvalue weighted by Crippen LogP contribution is 2.36. The van der Waals surface area contributed by atoms with Gasteiger partial charge in [-0.1, -0.05) is 91.0 Å². The highest BCUT2D eigenvalue weighted by Gasteiger charge is 2.18. The normalized spacial score (nSPS) is 11.0. The quantitative estimate of drug-likeness (QED) is 0.379. The van der Waals surface area contributed by atoms with Gasteiger partial charge in [-0.2, -0.15) is 0 Å². The van der Waals surface area contributed by atoms with Gasteiger partial charge in [0, 0.05) is 11.1 Å². The van der Waals surface area contributed by atoms with Gasteiger partial charge in [-0.3, -0.25) is 0 Å². The number of imidazole rings is 1. The monoisotopic (exact) mass is 364 g/mol. The largest absolute Gasteiger partial charge is 0.337 e. The molecular formula is C25H17FN2. The summed E-state index contributed by atoms with van der Waals surface area (Å²) in [7, 11) is 0. The molecule has 0 radical (unpaired) electrons. The van der Waals surface area contributed by atoms with E-state index in [1.54, 1.807) is 6.07 Å². The fourth-order valence-corrected chi connectivity index (χ4v) is 3.60. The minimum atomic E-state index is -0.285. The van der Waals surface area contributed by atoms with Gasteiger partial charge in [0.15, 0.2) is 0 Å². The molecule has 134 valence electrons. The van der Waals surface area contributed by atoms with Crippen molar-refractivity contribution in [1.82, 2.24) is 9.97 Å². The Labute approximate surface area is 162 Å². The second kappa shape index (κ2) is 6.78. The number of halogens is 1. The second-order valence-electron chi connectivity index (χ2n) is 6.68. The summed E-state index contributed by atoms with van der Waals surface area (Å²) in [4.78, 5) is 8.24. The van der Waals surface area contributed by atoms with Gasteiger partial charge in [-0.15, -0.1) is 0 Å². The molecule has 0 saturated heterocycles. The first-order chi connectivity index (χ1) is 13.8. The maximum absolute atomic E-state index is 14.9. The van der Waals surface area contributed by atoms with E-state index in [1.807, 2.05) is 84.9 Å². The van der Waals surface area contributed by atoms with Crippen LogP contribution < -0.4 is 0 Å². The molecule has 0 atom stereocenters. The number of hydrogen-bond donors (Lipinski definition) is 1. The molecule has 0 unspecified atom stereocenters. The average Bonchev–Trinajstić information content (AvgIpc) is 3.20. The molecule has 28 heavy (non-hydrogen) atoms. The number of nitrogens with one attached hydrogen (secondary N) is 1. The number of aromatic amines is 1. The lowest BCUT2D eigenvalue weighted by molar-refractivity contribution is 0.632. The minimum absolute atomic E-state index is 0.285. The van der Waals surface area contributed by atoms with Crippen LogP contribution in [0.2, 0.25) is 0 Å². The molecule has 4 aromatic carbocycles. The van der Waals surface area contributed by atoms with Gasteiger partial charge in [-0.05, 0) is 16.8 Å². The zero-order chi connectivity index (χ0) is 18.9. The molecule has 1 aromatic heterocycles. The number of aromatic nitrogens is 2. The lowest BCUT2D eigenvalue weighted by Gasteiger charge is -2.05. The smallest absolute Gasteiger partial charge is 0.142 e. The summed E-state index contributed by atoms with van der Waals surface area (Å²) in [6.07, 6.45) is 0. The lowest BCUT2D eigenvalue weighted by Crippen LogP contribution is -1.89. The summed E-state index contributed by atoms with van der Waals surface area (Å²) >= 11 is 0. The number of fused-ring (bicyclic) bond motifs is 1. The summed E-state index contributed by atoms with van der Waals surface area (Å²) < 4.78 is 14.9. The van der Waals surface area contributed by atoms with Crippen LogP contribution in [0.15, 0.2) is 97.1 Å². The predicted octanol–water partition coefficient (Wildman–Crippen LogP) is 6.70. The van der Waals surface area contributed by atoms with Gasteiger partial charge in [0.25, 0.3) is 0 Å². The maximum Gasteiger partial charge on any atom is 0.142 e. The van der Waals surface area contributed by atoms with Crippen LogP contribution in [0.1, 0.15) is 0 Å². The molecule has 3 heteroatoms. The van der Waals surface area contributed by atoms with Crippen LogP contribution in [-0.2, 0) is 0 Å². The third kappa shape index (κ3) is 2.78. The fraction of sp³-hybridized carbons (Fsp3) is 0. The van der Waals surface area contributed by atoms with Crippen molar-refractivity contribution in [2.75, 3.05) is 0 Å². The summed E-state index contributed by atoms with van der Waals surface area (Å²) in [5.74, 6) is 0.249. The number of nitrogens with zero attached hydrogens (tertiary/aromatic N) is 1. The van der Waals surface area contributed by atoms with Gasteiger partial charge < -0.3 is 4.98 Å². The van der Waals surface area contributed by atoms with Gasteiger partial charge in [-0.25, -0.2) is 9.37 Å². The van der Waals surface area contributed by atoms with E-state index in [1.165, 1.54) is 6.07 Å². The van der Waals surface area contributed by atoms with Gasteiger partial charge in [0.1, 0.15) is 11.6 Å². The molecule has 0 amide bonds.